The molecule has 0 aliphatic heterocycles. The second kappa shape index (κ2) is 12.1. The van der Waals surface area contributed by atoms with Crippen LogP contribution in [0.15, 0.2) is 81.5 Å². The molecule has 2 aromatic carbocycles. The zero-order valence-corrected chi connectivity index (χ0v) is 18.5. The number of hydrogen-bond donors (Lipinski definition) is 0. The molecular formula is C24H31NS2. The summed E-state index contributed by atoms with van der Waals surface area (Å²) < 4.78 is 0. The van der Waals surface area contributed by atoms with Gasteiger partial charge < -0.3 is 0 Å². The van der Waals surface area contributed by atoms with E-state index in [0.717, 1.165) is 10.7 Å². The lowest BCUT2D eigenvalue weighted by Gasteiger charge is -2.19. The molecule has 0 aliphatic rings. The van der Waals surface area contributed by atoms with Crippen LogP contribution in [0.4, 0.5) is 5.69 Å². The van der Waals surface area contributed by atoms with Crippen LogP contribution in [-0.4, -0.2) is 10.3 Å². The highest BCUT2D eigenvalue weighted by Gasteiger charge is 2.16. The van der Waals surface area contributed by atoms with Crippen LogP contribution in [-0.2, 0) is 0 Å². The van der Waals surface area contributed by atoms with E-state index in [-0.39, 0.29) is 0 Å². The molecule has 144 valence electrons. The van der Waals surface area contributed by atoms with Crippen LogP contribution in [0.5, 0.6) is 0 Å². The average molecular weight is 398 g/mol. The number of rotatable bonds is 9. The van der Waals surface area contributed by atoms with Gasteiger partial charge in [-0.3, -0.25) is 0 Å². The Morgan fingerprint density at radius 3 is 2.22 bits per heavy atom. The summed E-state index contributed by atoms with van der Waals surface area (Å²) in [4.78, 5) is 6.26. The SMILES string of the molecule is CCCC(CC(C)C)SC(=N/c1ccccc1)/C(C)=C/Sc1ccccc1. The predicted octanol–water partition coefficient (Wildman–Crippen LogP) is 8.36. The second-order valence-electron chi connectivity index (χ2n) is 7.14. The van der Waals surface area contributed by atoms with E-state index in [1.165, 1.54) is 29.7 Å². The Hall–Kier alpha value is -1.45. The van der Waals surface area contributed by atoms with Crippen LogP contribution in [0.3, 0.4) is 0 Å². The van der Waals surface area contributed by atoms with Gasteiger partial charge in [-0.25, -0.2) is 4.99 Å². The summed E-state index contributed by atoms with van der Waals surface area (Å²) in [5, 5.41) is 3.99. The van der Waals surface area contributed by atoms with E-state index in [4.69, 9.17) is 4.99 Å². The molecular weight excluding hydrogens is 366 g/mol. The monoisotopic (exact) mass is 397 g/mol. The third kappa shape index (κ3) is 8.40. The molecule has 0 spiro atoms. The smallest absolute Gasteiger partial charge is 0.100 e. The average Bonchev–Trinajstić information content (AvgIpc) is 2.67. The summed E-state index contributed by atoms with van der Waals surface area (Å²) in [6.45, 7) is 9.08. The molecule has 2 rings (SSSR count). The Kier molecular flexibility index (Phi) is 9.79. The van der Waals surface area contributed by atoms with Gasteiger partial charge in [0.2, 0.25) is 0 Å². The van der Waals surface area contributed by atoms with Crippen molar-refractivity contribution in [3.05, 3.63) is 71.6 Å². The van der Waals surface area contributed by atoms with Crippen LogP contribution in [0.25, 0.3) is 0 Å². The Bertz CT molecular complexity index is 721. The van der Waals surface area contributed by atoms with E-state index in [0.29, 0.717) is 11.2 Å². The van der Waals surface area contributed by atoms with Gasteiger partial charge in [-0.1, -0.05) is 75.4 Å². The van der Waals surface area contributed by atoms with Crippen molar-refractivity contribution in [1.29, 1.82) is 0 Å². The maximum Gasteiger partial charge on any atom is 0.100 e. The predicted molar refractivity (Wildman–Crippen MR) is 125 cm³/mol. The van der Waals surface area contributed by atoms with Gasteiger partial charge in [0.05, 0.1) is 5.69 Å². The molecule has 0 aromatic heterocycles. The van der Waals surface area contributed by atoms with Crippen LogP contribution in [0, 0.1) is 5.92 Å². The first-order chi connectivity index (χ1) is 13.1. The third-order valence-corrected chi connectivity index (χ3v) is 6.48. The topological polar surface area (TPSA) is 12.4 Å². The van der Waals surface area contributed by atoms with Crippen LogP contribution >= 0.6 is 23.5 Å². The summed E-state index contributed by atoms with van der Waals surface area (Å²) >= 11 is 3.71. The molecule has 0 bridgehead atoms. The molecule has 0 amide bonds. The van der Waals surface area contributed by atoms with Gasteiger partial charge in [0, 0.05) is 10.1 Å². The van der Waals surface area contributed by atoms with Gasteiger partial charge in [-0.05, 0) is 60.9 Å². The zero-order chi connectivity index (χ0) is 19.5. The fourth-order valence-corrected chi connectivity index (χ4v) is 5.13. The molecule has 1 unspecified atom stereocenters. The first kappa shape index (κ1) is 21.8. The highest BCUT2D eigenvalue weighted by molar-refractivity contribution is 8.15. The third-order valence-electron chi connectivity index (χ3n) is 4.06. The number of hydrogen-bond acceptors (Lipinski definition) is 3. The first-order valence-corrected chi connectivity index (χ1v) is 11.5. The van der Waals surface area contributed by atoms with Crippen LogP contribution < -0.4 is 0 Å². The summed E-state index contributed by atoms with van der Waals surface area (Å²) in [5.74, 6) is 0.704. The minimum absolute atomic E-state index is 0.613. The largest absolute Gasteiger partial charge is 0.242 e. The summed E-state index contributed by atoms with van der Waals surface area (Å²) in [7, 11) is 0. The molecule has 2 aromatic rings. The highest BCUT2D eigenvalue weighted by atomic mass is 32.2. The van der Waals surface area contributed by atoms with Gasteiger partial charge in [0.1, 0.15) is 5.04 Å². The quantitative estimate of drug-likeness (QED) is 0.239. The minimum atomic E-state index is 0.613. The Balaban J connectivity index is 2.24. The molecule has 1 atom stereocenters. The molecule has 0 saturated heterocycles. The molecule has 0 radical (unpaired) electrons. The summed E-state index contributed by atoms with van der Waals surface area (Å²) in [6.07, 6.45) is 3.67. The molecule has 27 heavy (non-hydrogen) atoms. The van der Waals surface area contributed by atoms with Crippen molar-refractivity contribution >= 4 is 34.3 Å². The lowest BCUT2D eigenvalue weighted by molar-refractivity contribution is 0.547. The van der Waals surface area contributed by atoms with E-state index in [1.807, 2.05) is 17.8 Å². The molecule has 1 nitrogen and oxygen atoms in total. The molecule has 0 N–H and O–H groups in total. The number of para-hydroxylation sites is 1. The second-order valence-corrected chi connectivity index (χ2v) is 9.37. The van der Waals surface area contributed by atoms with E-state index in [1.54, 1.807) is 11.8 Å². The number of thioether (sulfide) groups is 2. The van der Waals surface area contributed by atoms with E-state index >= 15 is 0 Å². The normalized spacial score (nSPS) is 13.8. The first-order valence-electron chi connectivity index (χ1n) is 9.77. The highest BCUT2D eigenvalue weighted by Crippen LogP contribution is 2.31. The lowest BCUT2D eigenvalue weighted by atomic mass is 10.1. The molecule has 3 heteroatoms. The number of aliphatic imine (C=N–C) groups is 1. The molecule has 0 heterocycles. The van der Waals surface area contributed by atoms with Crippen molar-refractivity contribution in [2.45, 2.75) is 57.1 Å². The number of benzene rings is 2. The fourth-order valence-electron chi connectivity index (χ4n) is 2.76. The van der Waals surface area contributed by atoms with Crippen molar-refractivity contribution < 1.29 is 0 Å². The molecule has 0 fully saturated rings. The maximum absolute atomic E-state index is 5.00. The standard InChI is InChI=1S/C24H31NS2/c1-5-12-23(17-19(2)3)27-24(25-21-13-8-6-9-14-21)20(4)18-26-22-15-10-7-11-16-22/h6-11,13-16,18-19,23H,5,12,17H2,1-4H3/b20-18+,25-24+. The van der Waals surface area contributed by atoms with Gasteiger partial charge in [0.25, 0.3) is 0 Å². The van der Waals surface area contributed by atoms with Crippen molar-refractivity contribution in [3.63, 3.8) is 0 Å². The Morgan fingerprint density at radius 1 is 1.00 bits per heavy atom. The van der Waals surface area contributed by atoms with Gasteiger partial charge in [-0.15, -0.1) is 11.8 Å². The van der Waals surface area contributed by atoms with E-state index in [2.05, 4.69) is 87.7 Å². The summed E-state index contributed by atoms with van der Waals surface area (Å²) in [5.41, 5.74) is 2.26. The van der Waals surface area contributed by atoms with Crippen molar-refractivity contribution in [3.8, 4) is 0 Å². The van der Waals surface area contributed by atoms with Crippen LogP contribution in [0.2, 0.25) is 0 Å². The van der Waals surface area contributed by atoms with Crippen molar-refractivity contribution in [2.75, 3.05) is 0 Å². The fraction of sp³-hybridized carbons (Fsp3) is 0.375. The van der Waals surface area contributed by atoms with E-state index < -0.39 is 0 Å². The van der Waals surface area contributed by atoms with Crippen LogP contribution in [0.1, 0.15) is 47.0 Å². The summed E-state index contributed by atoms with van der Waals surface area (Å²) in [6, 6.07) is 20.8. The number of nitrogens with zero attached hydrogens (tertiary/aromatic N) is 1. The van der Waals surface area contributed by atoms with Gasteiger partial charge in [0.15, 0.2) is 0 Å². The van der Waals surface area contributed by atoms with Crippen molar-refractivity contribution in [2.24, 2.45) is 10.9 Å². The maximum atomic E-state index is 5.00. The Labute approximate surface area is 173 Å². The minimum Gasteiger partial charge on any atom is -0.242 e. The van der Waals surface area contributed by atoms with Gasteiger partial charge in [-0.2, -0.15) is 0 Å². The van der Waals surface area contributed by atoms with Crippen molar-refractivity contribution in [1.82, 2.24) is 0 Å². The van der Waals surface area contributed by atoms with Gasteiger partial charge >= 0.3 is 0 Å². The van der Waals surface area contributed by atoms with E-state index in [9.17, 15) is 0 Å². The zero-order valence-electron chi connectivity index (χ0n) is 16.9. The Morgan fingerprint density at radius 2 is 1.63 bits per heavy atom. The lowest BCUT2D eigenvalue weighted by Crippen LogP contribution is -2.11. The molecule has 0 aliphatic carbocycles. The molecule has 0 saturated carbocycles.